The van der Waals surface area contributed by atoms with Gasteiger partial charge in [0.25, 0.3) is 0 Å². The Kier molecular flexibility index (Phi) is 7.47. The van der Waals surface area contributed by atoms with Gasteiger partial charge in [-0.3, -0.25) is 0 Å². The van der Waals surface area contributed by atoms with E-state index < -0.39 is 0 Å². The van der Waals surface area contributed by atoms with Crippen LogP contribution in [-0.4, -0.2) is 18.7 Å². The summed E-state index contributed by atoms with van der Waals surface area (Å²) >= 11 is 0. The number of fused-ring (bicyclic) bond motifs is 8. The molecule has 0 saturated carbocycles. The molecule has 1 N–H and O–H groups in total. The molecule has 0 amide bonds. The molecule has 53 heavy (non-hydrogen) atoms. The van der Waals surface area contributed by atoms with E-state index in [0.29, 0.717) is 12.0 Å². The highest BCUT2D eigenvalue weighted by atomic mass is 16.5. The lowest BCUT2D eigenvalue weighted by atomic mass is 9.53. The second-order valence-corrected chi connectivity index (χ2v) is 15.9. The Hall–Kier alpha value is -5.00. The average molecular weight is 699 g/mol. The molecule has 3 aromatic carbocycles. The maximum atomic E-state index is 7.18. The van der Waals surface area contributed by atoms with Crippen LogP contribution < -0.4 is 19.7 Å². The lowest BCUT2D eigenvalue weighted by molar-refractivity contribution is 0.0175. The summed E-state index contributed by atoms with van der Waals surface area (Å²) in [6.45, 7) is 1.11. The monoisotopic (exact) mass is 698 g/mol. The molecule has 6 unspecified atom stereocenters. The standard InChI is InChI=1S/C48H46N2O3/c1-2-13-33(14-3-1)50-40-19-6-9-23-44(40)53-47-34(15-12-20-41(47)50)31-24-26-37-45(29-31)51-42-21-7-4-16-35(42)48(37)36-17-5-8-22-43(36)52-46-30-32(25-27-38(46)48)39-18-10-11-28-49-39/h1-3,5,8-9,12-17,20-27,31-32,37,39,45,49H,4,6-7,10-11,18-19,28-30H2. The third kappa shape index (κ3) is 4.86. The van der Waals surface area contributed by atoms with Crippen molar-refractivity contribution in [2.24, 2.45) is 11.8 Å². The fourth-order valence-electron chi connectivity index (χ4n) is 10.8. The fourth-order valence-corrected chi connectivity index (χ4v) is 10.8. The summed E-state index contributed by atoms with van der Waals surface area (Å²) < 4.78 is 21.0. The van der Waals surface area contributed by atoms with Gasteiger partial charge >= 0.3 is 0 Å². The molecule has 8 aliphatic rings. The van der Waals surface area contributed by atoms with Gasteiger partial charge in [-0.25, -0.2) is 0 Å². The fraction of sp³-hybridized carbons (Fsp3) is 0.333. The molecule has 11 rings (SSSR count). The number of hydrogen-bond acceptors (Lipinski definition) is 5. The van der Waals surface area contributed by atoms with E-state index in [2.05, 4.69) is 132 Å². The molecule has 1 spiro atoms. The van der Waals surface area contributed by atoms with Gasteiger partial charge in [-0.2, -0.15) is 0 Å². The van der Waals surface area contributed by atoms with E-state index >= 15 is 0 Å². The summed E-state index contributed by atoms with van der Waals surface area (Å²) in [6.07, 6.45) is 28.7. The first-order valence-electron chi connectivity index (χ1n) is 20.0. The molecule has 0 radical (unpaired) electrons. The van der Waals surface area contributed by atoms with Crippen molar-refractivity contribution in [2.75, 3.05) is 11.4 Å². The summed E-state index contributed by atoms with van der Waals surface area (Å²) in [7, 11) is 0. The molecule has 0 aromatic heterocycles. The van der Waals surface area contributed by atoms with Crippen LogP contribution in [0.4, 0.5) is 11.4 Å². The number of nitrogens with one attached hydrogen (secondary N) is 1. The summed E-state index contributed by atoms with van der Waals surface area (Å²) in [5.41, 5.74) is 8.25. The lowest BCUT2D eigenvalue weighted by Crippen LogP contribution is -2.53. The van der Waals surface area contributed by atoms with Gasteiger partial charge < -0.3 is 24.4 Å². The molecule has 3 aromatic rings. The van der Waals surface area contributed by atoms with Crippen LogP contribution in [0.25, 0.3) is 0 Å². The number of allylic oxidation sites excluding steroid dienone is 10. The summed E-state index contributed by atoms with van der Waals surface area (Å²) in [4.78, 5) is 2.42. The van der Waals surface area contributed by atoms with Crippen molar-refractivity contribution >= 4 is 11.4 Å². The van der Waals surface area contributed by atoms with Gasteiger partial charge in [0.15, 0.2) is 5.75 Å². The van der Waals surface area contributed by atoms with Gasteiger partial charge in [-0.15, -0.1) is 0 Å². The van der Waals surface area contributed by atoms with Crippen molar-refractivity contribution in [2.45, 2.75) is 81.3 Å². The minimum absolute atomic E-state index is 0.0217. The molecule has 5 nitrogen and oxygen atoms in total. The minimum atomic E-state index is -0.383. The quantitative estimate of drug-likeness (QED) is 0.276. The smallest absolute Gasteiger partial charge is 0.155 e. The van der Waals surface area contributed by atoms with Crippen LogP contribution in [0.2, 0.25) is 0 Å². The van der Waals surface area contributed by atoms with Crippen LogP contribution in [-0.2, 0) is 10.2 Å². The first kappa shape index (κ1) is 31.5. The third-order valence-electron chi connectivity index (χ3n) is 13.1. The van der Waals surface area contributed by atoms with E-state index in [1.807, 2.05) is 0 Å². The highest BCUT2D eigenvalue weighted by Crippen LogP contribution is 2.63. The van der Waals surface area contributed by atoms with Gasteiger partial charge in [-0.1, -0.05) is 91.4 Å². The van der Waals surface area contributed by atoms with Crippen molar-refractivity contribution < 1.29 is 14.2 Å². The van der Waals surface area contributed by atoms with Crippen LogP contribution in [0, 0.1) is 11.8 Å². The SMILES string of the molecule is C1=CC2=C(CC1)N(c1ccccc1)c1cccc(C3C=CC4C(C3)OC3=CCCC=C3C43C4=C(CC(C5CCCCN5)C=C4)Oc4ccccc43)c1O2. The Morgan fingerprint density at radius 3 is 2.64 bits per heavy atom. The second-order valence-electron chi connectivity index (χ2n) is 15.9. The van der Waals surface area contributed by atoms with Crippen LogP contribution in [0.1, 0.15) is 74.8 Å². The largest absolute Gasteiger partial charge is 0.490 e. The number of hydrogen-bond donors (Lipinski definition) is 1. The first-order valence-corrected chi connectivity index (χ1v) is 20.0. The summed E-state index contributed by atoms with van der Waals surface area (Å²) in [5.74, 6) is 5.79. The second kappa shape index (κ2) is 12.6. The molecule has 266 valence electrons. The molecule has 4 aliphatic heterocycles. The minimum Gasteiger partial charge on any atom is -0.490 e. The zero-order chi connectivity index (χ0) is 34.9. The predicted molar refractivity (Wildman–Crippen MR) is 210 cm³/mol. The van der Waals surface area contributed by atoms with E-state index in [1.54, 1.807) is 0 Å². The molecule has 4 heterocycles. The van der Waals surface area contributed by atoms with Crippen molar-refractivity contribution in [1.82, 2.24) is 5.32 Å². The highest BCUT2D eigenvalue weighted by molar-refractivity contribution is 5.78. The van der Waals surface area contributed by atoms with Gasteiger partial charge in [0, 0.05) is 52.3 Å². The normalized spacial score (nSPS) is 30.7. The number of rotatable bonds is 3. The van der Waals surface area contributed by atoms with Crippen LogP contribution in [0.15, 0.2) is 156 Å². The molecule has 5 heteroatoms. The molecule has 2 fully saturated rings. The van der Waals surface area contributed by atoms with Crippen molar-refractivity contribution in [3.63, 3.8) is 0 Å². The molecule has 0 bridgehead atoms. The Labute approximate surface area is 312 Å². The number of anilines is 2. The molecule has 4 aliphatic carbocycles. The number of para-hydroxylation sites is 3. The number of ether oxygens (including phenoxy) is 3. The summed E-state index contributed by atoms with van der Waals surface area (Å²) in [5, 5.41) is 3.83. The molecule has 2 saturated heterocycles. The maximum absolute atomic E-state index is 7.18. The Balaban J connectivity index is 1.03. The van der Waals surface area contributed by atoms with Gasteiger partial charge in [0.05, 0.1) is 16.8 Å². The van der Waals surface area contributed by atoms with E-state index in [-0.39, 0.29) is 23.4 Å². The zero-order valence-corrected chi connectivity index (χ0v) is 30.2. The van der Waals surface area contributed by atoms with Crippen LogP contribution in [0.3, 0.4) is 0 Å². The third-order valence-corrected chi connectivity index (χ3v) is 13.1. The summed E-state index contributed by atoms with van der Waals surface area (Å²) in [6, 6.07) is 26.8. The van der Waals surface area contributed by atoms with E-state index in [9.17, 15) is 0 Å². The number of benzene rings is 3. The number of nitrogens with zero attached hydrogens (tertiary/aromatic N) is 1. The maximum Gasteiger partial charge on any atom is 0.155 e. The molecular weight excluding hydrogens is 653 g/mol. The predicted octanol–water partition coefficient (Wildman–Crippen LogP) is 10.7. The molecular formula is C48H46N2O3. The van der Waals surface area contributed by atoms with E-state index in [4.69, 9.17) is 14.2 Å². The van der Waals surface area contributed by atoms with Crippen molar-refractivity contribution in [3.8, 4) is 11.5 Å². The van der Waals surface area contributed by atoms with Crippen molar-refractivity contribution in [3.05, 3.63) is 167 Å². The van der Waals surface area contributed by atoms with Gasteiger partial charge in [0.2, 0.25) is 0 Å². The Bertz CT molecular complexity index is 2200. The average Bonchev–Trinajstić information content (AvgIpc) is 3.22. The van der Waals surface area contributed by atoms with Crippen molar-refractivity contribution in [1.29, 1.82) is 0 Å². The highest BCUT2D eigenvalue weighted by Gasteiger charge is 2.59. The number of piperidine rings is 1. The molecule has 6 atom stereocenters. The Morgan fingerprint density at radius 2 is 1.72 bits per heavy atom. The topological polar surface area (TPSA) is 43.0 Å². The van der Waals surface area contributed by atoms with E-state index in [1.165, 1.54) is 52.9 Å². The van der Waals surface area contributed by atoms with Gasteiger partial charge in [0.1, 0.15) is 29.1 Å². The zero-order valence-electron chi connectivity index (χ0n) is 30.2. The van der Waals surface area contributed by atoms with Crippen LogP contribution >= 0.6 is 0 Å². The Morgan fingerprint density at radius 1 is 0.811 bits per heavy atom. The van der Waals surface area contributed by atoms with E-state index in [0.717, 1.165) is 79.5 Å². The van der Waals surface area contributed by atoms with Gasteiger partial charge in [-0.05, 0) is 93.8 Å². The lowest BCUT2D eigenvalue weighted by Gasteiger charge is -2.55. The van der Waals surface area contributed by atoms with Crippen LogP contribution in [0.5, 0.6) is 11.5 Å². The first-order chi connectivity index (χ1) is 26.3.